The Morgan fingerprint density at radius 1 is 1.19 bits per heavy atom. The van der Waals surface area contributed by atoms with Gasteiger partial charge in [0.05, 0.1) is 18.6 Å². The lowest BCUT2D eigenvalue weighted by atomic mass is 10.2. The summed E-state index contributed by atoms with van der Waals surface area (Å²) in [6, 6.07) is 13.3. The van der Waals surface area contributed by atoms with E-state index in [0.29, 0.717) is 18.0 Å². The molecule has 0 spiro atoms. The summed E-state index contributed by atoms with van der Waals surface area (Å²) in [5, 5.41) is 2.77. The number of carbonyl (C=O) groups is 1. The zero-order valence-corrected chi connectivity index (χ0v) is 16.2. The predicted molar refractivity (Wildman–Crippen MR) is 104 cm³/mol. The molecule has 0 aliphatic heterocycles. The third-order valence-electron chi connectivity index (χ3n) is 3.88. The normalized spacial score (nSPS) is 12.5. The average molecular weight is 376 g/mol. The Hall–Kier alpha value is -2.38. The van der Waals surface area contributed by atoms with Crippen molar-refractivity contribution in [2.24, 2.45) is 0 Å². The van der Waals surface area contributed by atoms with Crippen LogP contribution >= 0.6 is 0 Å². The molecular formula is C19H24N2O4S. The lowest BCUT2D eigenvalue weighted by molar-refractivity contribution is -0.116. The number of benzene rings is 2. The number of carbonyl (C=O) groups excluding carboxylic acids is 1. The number of rotatable bonds is 7. The highest BCUT2D eigenvalue weighted by Crippen LogP contribution is 2.22. The van der Waals surface area contributed by atoms with Crippen molar-refractivity contribution in [2.45, 2.75) is 26.5 Å². The monoisotopic (exact) mass is 376 g/mol. The standard InChI is InChI=1S/C19H24N2O4S/c1-14-8-10-18(11-9-14)21(26(4,23)24)15(2)19(22)20-17-7-5-6-16(12-17)13-25-3/h5-12,15H,13H2,1-4H3,(H,20,22)/t15-/m0/s1. The molecule has 1 atom stereocenters. The average Bonchev–Trinajstić information content (AvgIpc) is 2.56. The van der Waals surface area contributed by atoms with Crippen molar-refractivity contribution in [3.05, 3.63) is 59.7 Å². The second kappa shape index (κ2) is 8.33. The van der Waals surface area contributed by atoms with E-state index in [2.05, 4.69) is 5.32 Å². The molecule has 0 fully saturated rings. The molecule has 2 rings (SSSR count). The first-order chi connectivity index (χ1) is 12.2. The summed E-state index contributed by atoms with van der Waals surface area (Å²) in [5.41, 5.74) is 2.97. The molecule has 0 aliphatic carbocycles. The number of anilines is 2. The van der Waals surface area contributed by atoms with Crippen molar-refractivity contribution >= 4 is 27.3 Å². The van der Waals surface area contributed by atoms with Crippen LogP contribution in [-0.4, -0.2) is 33.7 Å². The van der Waals surface area contributed by atoms with Crippen LogP contribution in [0.3, 0.4) is 0 Å². The summed E-state index contributed by atoms with van der Waals surface area (Å²) >= 11 is 0. The van der Waals surface area contributed by atoms with E-state index in [0.717, 1.165) is 21.7 Å². The molecule has 26 heavy (non-hydrogen) atoms. The van der Waals surface area contributed by atoms with Gasteiger partial charge in [0, 0.05) is 12.8 Å². The van der Waals surface area contributed by atoms with Crippen LogP contribution in [0.1, 0.15) is 18.1 Å². The van der Waals surface area contributed by atoms with Gasteiger partial charge in [-0.25, -0.2) is 8.42 Å². The van der Waals surface area contributed by atoms with Gasteiger partial charge in [-0.1, -0.05) is 29.8 Å². The van der Waals surface area contributed by atoms with Crippen molar-refractivity contribution in [3.63, 3.8) is 0 Å². The number of aryl methyl sites for hydroxylation is 1. The van der Waals surface area contributed by atoms with E-state index in [1.165, 1.54) is 0 Å². The van der Waals surface area contributed by atoms with Crippen molar-refractivity contribution in [3.8, 4) is 0 Å². The van der Waals surface area contributed by atoms with Gasteiger partial charge in [0.15, 0.2) is 0 Å². The van der Waals surface area contributed by atoms with Crippen LogP contribution in [0.2, 0.25) is 0 Å². The van der Waals surface area contributed by atoms with Gasteiger partial charge in [0.2, 0.25) is 15.9 Å². The summed E-state index contributed by atoms with van der Waals surface area (Å²) in [5.74, 6) is -0.412. The fourth-order valence-electron chi connectivity index (χ4n) is 2.65. The Bertz CT molecular complexity index is 863. The van der Waals surface area contributed by atoms with Crippen LogP contribution in [-0.2, 0) is 26.2 Å². The summed E-state index contributed by atoms with van der Waals surface area (Å²) < 4.78 is 30.8. The SMILES string of the molecule is COCc1cccc(NC(=O)[C@H](C)N(c2ccc(C)cc2)S(C)(=O)=O)c1. The summed E-state index contributed by atoms with van der Waals surface area (Å²) in [6.45, 7) is 3.91. The molecule has 1 amide bonds. The van der Waals surface area contributed by atoms with Crippen molar-refractivity contribution < 1.29 is 17.9 Å². The van der Waals surface area contributed by atoms with Crippen LogP contribution in [0.5, 0.6) is 0 Å². The second-order valence-electron chi connectivity index (χ2n) is 6.19. The molecule has 0 aliphatic rings. The van der Waals surface area contributed by atoms with Gasteiger partial charge >= 0.3 is 0 Å². The Morgan fingerprint density at radius 2 is 1.85 bits per heavy atom. The summed E-state index contributed by atoms with van der Waals surface area (Å²) in [6.07, 6.45) is 1.09. The molecule has 2 aromatic carbocycles. The second-order valence-corrected chi connectivity index (χ2v) is 8.05. The molecule has 0 saturated carbocycles. The van der Waals surface area contributed by atoms with Gasteiger partial charge in [0.1, 0.15) is 6.04 Å². The molecule has 0 unspecified atom stereocenters. The molecule has 140 valence electrons. The van der Waals surface area contributed by atoms with Crippen LogP contribution in [0.25, 0.3) is 0 Å². The fourth-order valence-corrected chi connectivity index (χ4v) is 3.83. The molecule has 0 radical (unpaired) electrons. The number of nitrogens with one attached hydrogen (secondary N) is 1. The van der Waals surface area contributed by atoms with E-state index in [1.807, 2.05) is 31.2 Å². The maximum atomic E-state index is 12.7. The van der Waals surface area contributed by atoms with Gasteiger partial charge < -0.3 is 10.1 Å². The zero-order chi connectivity index (χ0) is 19.3. The Kier molecular flexibility index (Phi) is 6.39. The molecule has 0 heterocycles. The minimum atomic E-state index is -3.63. The third kappa shape index (κ3) is 5.06. The van der Waals surface area contributed by atoms with Crippen LogP contribution in [0, 0.1) is 6.92 Å². The molecule has 6 nitrogen and oxygen atoms in total. The highest BCUT2D eigenvalue weighted by molar-refractivity contribution is 7.92. The predicted octanol–water partition coefficient (Wildman–Crippen LogP) is 2.93. The lowest BCUT2D eigenvalue weighted by Crippen LogP contribution is -2.45. The van der Waals surface area contributed by atoms with Crippen LogP contribution < -0.4 is 9.62 Å². The number of nitrogens with zero attached hydrogens (tertiary/aromatic N) is 1. The number of methoxy groups -OCH3 is 1. The molecule has 7 heteroatoms. The number of hydrogen-bond donors (Lipinski definition) is 1. The molecule has 0 bridgehead atoms. The van der Waals surface area contributed by atoms with E-state index < -0.39 is 22.0 Å². The highest BCUT2D eigenvalue weighted by atomic mass is 32.2. The van der Waals surface area contributed by atoms with E-state index in [-0.39, 0.29) is 0 Å². The van der Waals surface area contributed by atoms with Crippen molar-refractivity contribution in [1.29, 1.82) is 0 Å². The number of sulfonamides is 1. The molecular weight excluding hydrogens is 352 g/mol. The minimum Gasteiger partial charge on any atom is -0.380 e. The summed E-state index contributed by atoms with van der Waals surface area (Å²) in [4.78, 5) is 12.7. The molecule has 0 aromatic heterocycles. The zero-order valence-electron chi connectivity index (χ0n) is 15.4. The van der Waals surface area contributed by atoms with Gasteiger partial charge in [-0.2, -0.15) is 0 Å². The molecule has 2 aromatic rings. The maximum absolute atomic E-state index is 12.7. The number of hydrogen-bond acceptors (Lipinski definition) is 4. The first-order valence-corrected chi connectivity index (χ1v) is 10.0. The number of amides is 1. The Labute approximate surface area is 154 Å². The topological polar surface area (TPSA) is 75.7 Å². The third-order valence-corrected chi connectivity index (χ3v) is 5.12. The van der Waals surface area contributed by atoms with Gasteiger partial charge in [-0.05, 0) is 43.7 Å². The van der Waals surface area contributed by atoms with E-state index >= 15 is 0 Å². The Morgan fingerprint density at radius 3 is 2.42 bits per heavy atom. The van der Waals surface area contributed by atoms with Crippen LogP contribution in [0.15, 0.2) is 48.5 Å². The highest BCUT2D eigenvalue weighted by Gasteiger charge is 2.29. The first kappa shape index (κ1) is 19.9. The molecule has 0 saturated heterocycles. The van der Waals surface area contributed by atoms with Crippen LogP contribution in [0.4, 0.5) is 11.4 Å². The van der Waals surface area contributed by atoms with Gasteiger partial charge in [0.25, 0.3) is 0 Å². The Balaban J connectivity index is 2.25. The van der Waals surface area contributed by atoms with E-state index in [1.54, 1.807) is 38.3 Å². The summed E-state index contributed by atoms with van der Waals surface area (Å²) in [7, 11) is -2.04. The van der Waals surface area contributed by atoms with E-state index in [4.69, 9.17) is 4.74 Å². The first-order valence-electron chi connectivity index (χ1n) is 8.17. The van der Waals surface area contributed by atoms with Gasteiger partial charge in [-0.15, -0.1) is 0 Å². The largest absolute Gasteiger partial charge is 0.380 e. The van der Waals surface area contributed by atoms with Gasteiger partial charge in [-0.3, -0.25) is 9.10 Å². The van der Waals surface area contributed by atoms with Crippen molar-refractivity contribution in [1.82, 2.24) is 0 Å². The number of ether oxygens (including phenoxy) is 1. The van der Waals surface area contributed by atoms with E-state index in [9.17, 15) is 13.2 Å². The smallest absolute Gasteiger partial charge is 0.247 e. The van der Waals surface area contributed by atoms with Crippen molar-refractivity contribution in [2.75, 3.05) is 23.0 Å². The molecule has 1 N–H and O–H groups in total. The quantitative estimate of drug-likeness (QED) is 0.806. The maximum Gasteiger partial charge on any atom is 0.247 e. The minimum absolute atomic E-state index is 0.412. The lowest BCUT2D eigenvalue weighted by Gasteiger charge is -2.28. The fraction of sp³-hybridized carbons (Fsp3) is 0.316.